The smallest absolute Gasteiger partial charge is 0.347 e. The molecule has 1 aromatic carbocycles. The number of piperidine rings is 1. The van der Waals surface area contributed by atoms with E-state index in [1.807, 2.05) is 0 Å². The molecule has 1 N–H and O–H groups in total. The second-order valence-corrected chi connectivity index (χ2v) is 8.25. The quantitative estimate of drug-likeness (QED) is 0.536. The van der Waals surface area contributed by atoms with E-state index in [-0.39, 0.29) is 30.4 Å². The number of amides is 1. The molecule has 1 aliphatic rings. The van der Waals surface area contributed by atoms with Gasteiger partial charge in [0.2, 0.25) is 5.91 Å². The first-order valence-corrected chi connectivity index (χ1v) is 11.3. The Hall–Kier alpha value is -3.75. The highest BCUT2D eigenvalue weighted by Crippen LogP contribution is 2.27. The van der Waals surface area contributed by atoms with Crippen LogP contribution in [0.15, 0.2) is 41.3 Å². The molecule has 1 amide bonds. The highest BCUT2D eigenvalue weighted by Gasteiger charge is 2.25. The van der Waals surface area contributed by atoms with E-state index in [0.29, 0.717) is 31.4 Å². The zero-order chi connectivity index (χ0) is 24.2. The summed E-state index contributed by atoms with van der Waals surface area (Å²) in [6, 6.07) is 7.78. The van der Waals surface area contributed by atoms with Crippen LogP contribution in [-0.2, 0) is 22.5 Å². The van der Waals surface area contributed by atoms with Crippen LogP contribution >= 0.6 is 0 Å². The molecule has 8 nitrogen and oxygen atoms in total. The van der Waals surface area contributed by atoms with Gasteiger partial charge < -0.3 is 19.3 Å². The van der Waals surface area contributed by atoms with Crippen molar-refractivity contribution in [3.63, 3.8) is 0 Å². The van der Waals surface area contributed by atoms with E-state index < -0.39 is 22.8 Å². The molecule has 0 saturated carbocycles. The van der Waals surface area contributed by atoms with Crippen LogP contribution < -0.4 is 5.56 Å². The fraction of sp³-hybridized carbons (Fsp3) is 0.360. The van der Waals surface area contributed by atoms with Crippen LogP contribution in [0.3, 0.4) is 0 Å². The fourth-order valence-electron chi connectivity index (χ4n) is 4.21. The summed E-state index contributed by atoms with van der Waals surface area (Å²) >= 11 is 0. The lowest BCUT2D eigenvalue weighted by atomic mass is 10.1. The van der Waals surface area contributed by atoms with E-state index in [1.165, 1.54) is 16.7 Å². The number of hydrogen-bond acceptors (Lipinski definition) is 6. The molecular formula is C25H26FN3O5. The molecule has 3 heterocycles. The van der Waals surface area contributed by atoms with Gasteiger partial charge in [-0.05, 0) is 55.5 Å². The van der Waals surface area contributed by atoms with Gasteiger partial charge in [-0.1, -0.05) is 12.1 Å². The fourth-order valence-corrected chi connectivity index (χ4v) is 4.21. The summed E-state index contributed by atoms with van der Waals surface area (Å²) in [6.45, 7) is 2.69. The Balaban J connectivity index is 1.78. The molecule has 1 aliphatic heterocycles. The first-order valence-electron chi connectivity index (χ1n) is 11.3. The first kappa shape index (κ1) is 23.4. The number of fused-ring (bicyclic) bond motifs is 1. The number of halogens is 1. The van der Waals surface area contributed by atoms with Crippen molar-refractivity contribution in [1.82, 2.24) is 14.5 Å². The number of carbonyl (C=O) groups excluding carboxylic acids is 2. The average Bonchev–Trinajstić information content (AvgIpc) is 2.82. The molecular weight excluding hydrogens is 441 g/mol. The van der Waals surface area contributed by atoms with E-state index in [1.54, 1.807) is 36.2 Å². The lowest BCUT2D eigenvalue weighted by molar-refractivity contribution is -0.133. The maximum Gasteiger partial charge on any atom is 0.347 e. The van der Waals surface area contributed by atoms with Gasteiger partial charge in [0.05, 0.1) is 12.1 Å². The number of hydrogen-bond donors (Lipinski definition) is 1. The van der Waals surface area contributed by atoms with Crippen LogP contribution in [0.25, 0.3) is 11.0 Å². The SMILES string of the molecule is CCOC(=O)c1c(O)c2ncc(Cc3ccc(F)cc3)cc2n(CCN2CCCCC2=O)c1=O. The van der Waals surface area contributed by atoms with Gasteiger partial charge in [-0.15, -0.1) is 0 Å². The Kier molecular flexibility index (Phi) is 6.90. The molecule has 34 heavy (non-hydrogen) atoms. The lowest BCUT2D eigenvalue weighted by Gasteiger charge is -2.27. The van der Waals surface area contributed by atoms with Crippen LogP contribution in [0.4, 0.5) is 4.39 Å². The summed E-state index contributed by atoms with van der Waals surface area (Å²) in [5, 5.41) is 10.7. The Labute approximate surface area is 195 Å². The molecule has 3 aromatic rings. The maximum atomic E-state index is 13.3. The number of rotatable bonds is 7. The van der Waals surface area contributed by atoms with E-state index in [4.69, 9.17) is 4.74 Å². The van der Waals surface area contributed by atoms with Crippen molar-refractivity contribution in [3.05, 3.63) is 69.4 Å². The summed E-state index contributed by atoms with van der Waals surface area (Å²) in [5.74, 6) is -1.76. The predicted molar refractivity (Wildman–Crippen MR) is 123 cm³/mol. The second kappa shape index (κ2) is 10.0. The van der Waals surface area contributed by atoms with Crippen molar-refractivity contribution < 1.29 is 23.8 Å². The van der Waals surface area contributed by atoms with E-state index in [9.17, 15) is 23.9 Å². The molecule has 1 fully saturated rings. The Morgan fingerprint density at radius 2 is 1.91 bits per heavy atom. The van der Waals surface area contributed by atoms with Crippen LogP contribution in [0.5, 0.6) is 5.75 Å². The first-order chi connectivity index (χ1) is 16.4. The lowest BCUT2D eigenvalue weighted by Crippen LogP contribution is -2.39. The monoisotopic (exact) mass is 467 g/mol. The normalized spacial score (nSPS) is 13.9. The molecule has 0 radical (unpaired) electrons. The highest BCUT2D eigenvalue weighted by molar-refractivity contribution is 5.98. The van der Waals surface area contributed by atoms with Crippen LogP contribution in [0.2, 0.25) is 0 Å². The summed E-state index contributed by atoms with van der Waals surface area (Å²) in [6.07, 6.45) is 4.20. The number of nitrogens with zero attached hydrogens (tertiary/aromatic N) is 3. The van der Waals surface area contributed by atoms with Crippen LogP contribution in [0.1, 0.15) is 47.7 Å². The summed E-state index contributed by atoms with van der Waals surface area (Å²) < 4.78 is 19.6. The molecule has 0 atom stereocenters. The van der Waals surface area contributed by atoms with Crippen molar-refractivity contribution in [2.75, 3.05) is 19.7 Å². The van der Waals surface area contributed by atoms with Crippen molar-refractivity contribution in [2.24, 2.45) is 0 Å². The third-order valence-electron chi connectivity index (χ3n) is 5.95. The molecule has 1 saturated heterocycles. The van der Waals surface area contributed by atoms with Gasteiger partial charge in [-0.3, -0.25) is 14.6 Å². The molecule has 178 valence electrons. The number of pyridine rings is 2. The largest absolute Gasteiger partial charge is 0.505 e. The standard InChI is InChI=1S/C25H26FN3O5/c1-2-34-25(33)21-23(31)22-19(14-17(15-27-22)13-16-6-8-18(26)9-7-16)29(24(21)32)12-11-28-10-4-3-5-20(28)30/h6-9,14-15,31H,2-5,10-13H2,1H3. The minimum Gasteiger partial charge on any atom is -0.505 e. The average molecular weight is 467 g/mol. The zero-order valence-electron chi connectivity index (χ0n) is 18.9. The molecule has 0 bridgehead atoms. The molecule has 0 spiro atoms. The van der Waals surface area contributed by atoms with Gasteiger partial charge in [0.25, 0.3) is 5.56 Å². The Bertz CT molecular complexity index is 1290. The van der Waals surface area contributed by atoms with E-state index in [2.05, 4.69) is 4.98 Å². The summed E-state index contributed by atoms with van der Waals surface area (Å²) in [4.78, 5) is 44.1. The predicted octanol–water partition coefficient (Wildman–Crippen LogP) is 3.02. The number of carbonyl (C=O) groups is 2. The number of benzene rings is 1. The van der Waals surface area contributed by atoms with Gasteiger partial charge in [0, 0.05) is 32.3 Å². The third kappa shape index (κ3) is 4.78. The van der Waals surface area contributed by atoms with Gasteiger partial charge in [-0.25, -0.2) is 9.18 Å². The molecule has 2 aromatic heterocycles. The number of aromatic nitrogens is 2. The van der Waals surface area contributed by atoms with Gasteiger partial charge in [0.15, 0.2) is 11.3 Å². The van der Waals surface area contributed by atoms with Crippen molar-refractivity contribution >= 4 is 22.9 Å². The summed E-state index contributed by atoms with van der Waals surface area (Å²) in [7, 11) is 0. The van der Waals surface area contributed by atoms with Crippen molar-refractivity contribution in [1.29, 1.82) is 0 Å². The Morgan fingerprint density at radius 1 is 1.15 bits per heavy atom. The number of ether oxygens (including phenoxy) is 1. The van der Waals surface area contributed by atoms with Crippen LogP contribution in [-0.4, -0.2) is 51.1 Å². The van der Waals surface area contributed by atoms with E-state index >= 15 is 0 Å². The highest BCUT2D eigenvalue weighted by atomic mass is 19.1. The topological polar surface area (TPSA) is 102 Å². The van der Waals surface area contributed by atoms with E-state index in [0.717, 1.165) is 24.0 Å². The number of likely N-dealkylation sites (tertiary alicyclic amines) is 1. The minimum atomic E-state index is -0.924. The molecule has 4 rings (SSSR count). The maximum absolute atomic E-state index is 13.3. The Morgan fingerprint density at radius 3 is 2.62 bits per heavy atom. The summed E-state index contributed by atoms with van der Waals surface area (Å²) in [5.41, 5.74) is 0.856. The van der Waals surface area contributed by atoms with Gasteiger partial charge in [0.1, 0.15) is 11.3 Å². The zero-order valence-corrected chi connectivity index (χ0v) is 18.9. The number of aromatic hydroxyl groups is 1. The van der Waals surface area contributed by atoms with Gasteiger partial charge in [-0.2, -0.15) is 0 Å². The molecule has 0 aliphatic carbocycles. The molecule has 0 unspecified atom stereocenters. The van der Waals surface area contributed by atoms with Crippen molar-refractivity contribution in [2.45, 2.75) is 39.2 Å². The van der Waals surface area contributed by atoms with Crippen molar-refractivity contribution in [3.8, 4) is 5.75 Å². The third-order valence-corrected chi connectivity index (χ3v) is 5.95. The minimum absolute atomic E-state index is 0.0307. The van der Waals surface area contributed by atoms with Gasteiger partial charge >= 0.3 is 5.97 Å². The number of esters is 1. The van der Waals surface area contributed by atoms with Crippen LogP contribution in [0, 0.1) is 5.82 Å². The second-order valence-electron chi connectivity index (χ2n) is 8.25. The molecule has 9 heteroatoms.